The quantitative estimate of drug-likeness (QED) is 0.693. The molecule has 4 aliphatic rings. The Kier molecular flexibility index (Phi) is 6.90. The molecule has 0 saturated carbocycles. The Morgan fingerprint density at radius 1 is 1.03 bits per heavy atom. The smallest absolute Gasteiger partial charge is 0.222 e. The Balaban J connectivity index is 1.27. The summed E-state index contributed by atoms with van der Waals surface area (Å²) in [4.78, 5) is 24.9. The molecule has 5 heteroatoms. The van der Waals surface area contributed by atoms with Crippen LogP contribution in [0.5, 0.6) is 0 Å². The average Bonchev–Trinajstić information content (AvgIpc) is 2.82. The van der Waals surface area contributed by atoms with E-state index in [0.717, 1.165) is 50.4 Å². The van der Waals surface area contributed by atoms with E-state index in [4.69, 9.17) is 0 Å². The molecule has 4 atom stereocenters. The van der Waals surface area contributed by atoms with E-state index in [9.17, 15) is 4.79 Å². The molecule has 170 valence electrons. The van der Waals surface area contributed by atoms with Crippen LogP contribution in [0.1, 0.15) is 69.8 Å². The number of hydrogen-bond donors (Lipinski definition) is 0. The molecule has 0 radical (unpaired) electrons. The number of amides is 1. The third kappa shape index (κ3) is 4.83. The van der Waals surface area contributed by atoms with E-state index in [-0.39, 0.29) is 0 Å². The minimum atomic E-state index is 0.398. The molecule has 31 heavy (non-hydrogen) atoms. The van der Waals surface area contributed by atoms with Crippen molar-refractivity contribution >= 4 is 5.91 Å². The number of rotatable bonds is 6. The number of carbonyl (C=O) groups is 1. The number of carbonyl (C=O) groups excluding carboxylic acids is 1. The van der Waals surface area contributed by atoms with Gasteiger partial charge in [0, 0.05) is 57.1 Å². The van der Waals surface area contributed by atoms with Gasteiger partial charge in [-0.3, -0.25) is 19.6 Å². The first-order valence-electron chi connectivity index (χ1n) is 12.9. The van der Waals surface area contributed by atoms with Gasteiger partial charge in [-0.2, -0.15) is 0 Å². The maximum Gasteiger partial charge on any atom is 0.222 e. The average molecular weight is 425 g/mol. The number of nitrogens with zero attached hydrogens (tertiary/aromatic N) is 4. The predicted molar refractivity (Wildman–Crippen MR) is 124 cm³/mol. The van der Waals surface area contributed by atoms with Gasteiger partial charge in [0.05, 0.1) is 0 Å². The highest BCUT2D eigenvalue weighted by Gasteiger charge is 2.48. The normalized spacial score (nSPS) is 31.9. The van der Waals surface area contributed by atoms with Crippen molar-refractivity contribution in [2.45, 2.75) is 82.8 Å². The zero-order chi connectivity index (χ0) is 21.0. The van der Waals surface area contributed by atoms with Crippen LogP contribution in [0.3, 0.4) is 0 Å². The Bertz CT molecular complexity index is 717. The van der Waals surface area contributed by atoms with Gasteiger partial charge in [0.2, 0.25) is 5.91 Å². The summed E-state index contributed by atoms with van der Waals surface area (Å²) in [6, 6.07) is 5.69. The third-order valence-electron chi connectivity index (χ3n) is 8.49. The van der Waals surface area contributed by atoms with Gasteiger partial charge in [0.1, 0.15) is 0 Å². The molecule has 5 nitrogen and oxygen atoms in total. The molecule has 4 aliphatic heterocycles. The molecule has 0 spiro atoms. The van der Waals surface area contributed by atoms with Gasteiger partial charge in [-0.05, 0) is 94.3 Å². The van der Waals surface area contributed by atoms with Crippen LogP contribution in [-0.2, 0) is 11.3 Å². The fourth-order valence-corrected chi connectivity index (χ4v) is 7.15. The lowest BCUT2D eigenvalue weighted by Crippen LogP contribution is -2.64. The van der Waals surface area contributed by atoms with Crippen LogP contribution in [0.15, 0.2) is 24.5 Å². The number of piperidine rings is 4. The maximum absolute atomic E-state index is 12.8. The first kappa shape index (κ1) is 21.4. The molecule has 1 aromatic heterocycles. The molecule has 0 unspecified atom stereocenters. The molecule has 5 heterocycles. The van der Waals surface area contributed by atoms with Crippen LogP contribution in [0.2, 0.25) is 0 Å². The van der Waals surface area contributed by atoms with Crippen LogP contribution >= 0.6 is 0 Å². The number of likely N-dealkylation sites (tertiary alicyclic amines) is 2. The van der Waals surface area contributed by atoms with E-state index < -0.39 is 0 Å². The van der Waals surface area contributed by atoms with Crippen molar-refractivity contribution < 1.29 is 4.79 Å². The Hall–Kier alpha value is -1.46. The molecule has 0 aliphatic carbocycles. The van der Waals surface area contributed by atoms with E-state index in [1.54, 1.807) is 0 Å². The van der Waals surface area contributed by atoms with Crippen molar-refractivity contribution in [1.82, 2.24) is 19.7 Å². The predicted octanol–water partition coefficient (Wildman–Crippen LogP) is 3.94. The standard InChI is InChI=1S/C26H40N4O/c31-25(28-14-2-1-3-15-28)12-4-11-24-23-10-7-17-29-16-6-9-22(26(23)29)20-30(24)19-21-8-5-13-27-18-21/h5,8,13,18,22-24,26H,1-4,6-7,9-12,14-17,19-20H2/t22-,23+,24+,26-/m0/s1. The molecule has 4 saturated heterocycles. The first-order valence-corrected chi connectivity index (χ1v) is 12.9. The second-order valence-corrected chi connectivity index (χ2v) is 10.4. The number of aromatic nitrogens is 1. The summed E-state index contributed by atoms with van der Waals surface area (Å²) < 4.78 is 0. The summed E-state index contributed by atoms with van der Waals surface area (Å²) in [5, 5.41) is 0. The SMILES string of the molecule is O=C(CCC[C@@H]1[C@H]2CCCN3CCC[C@@H](CN1Cc1cccnc1)[C@@H]23)N1CCCCC1. The van der Waals surface area contributed by atoms with E-state index in [2.05, 4.69) is 31.8 Å². The minimum absolute atomic E-state index is 0.398. The topological polar surface area (TPSA) is 39.7 Å². The van der Waals surface area contributed by atoms with Gasteiger partial charge in [-0.25, -0.2) is 0 Å². The Morgan fingerprint density at radius 3 is 2.68 bits per heavy atom. The highest BCUT2D eigenvalue weighted by molar-refractivity contribution is 5.76. The molecule has 0 bridgehead atoms. The van der Waals surface area contributed by atoms with E-state index in [0.29, 0.717) is 11.9 Å². The van der Waals surface area contributed by atoms with Gasteiger partial charge >= 0.3 is 0 Å². The molecule has 1 amide bonds. The highest BCUT2D eigenvalue weighted by Crippen LogP contribution is 2.43. The summed E-state index contributed by atoms with van der Waals surface area (Å²) in [6.07, 6.45) is 16.0. The number of pyridine rings is 1. The second kappa shape index (κ2) is 9.99. The molecular weight excluding hydrogens is 384 g/mol. The summed E-state index contributed by atoms with van der Waals surface area (Å²) in [7, 11) is 0. The lowest BCUT2D eigenvalue weighted by molar-refractivity contribution is -0.132. The summed E-state index contributed by atoms with van der Waals surface area (Å²) in [5.74, 6) is 1.99. The molecule has 0 aromatic carbocycles. The monoisotopic (exact) mass is 424 g/mol. The van der Waals surface area contributed by atoms with Crippen LogP contribution in [0, 0.1) is 11.8 Å². The minimum Gasteiger partial charge on any atom is -0.343 e. The van der Waals surface area contributed by atoms with Crippen molar-refractivity contribution in [1.29, 1.82) is 0 Å². The van der Waals surface area contributed by atoms with Crippen LogP contribution < -0.4 is 0 Å². The number of hydrogen-bond acceptors (Lipinski definition) is 4. The van der Waals surface area contributed by atoms with Crippen molar-refractivity contribution in [2.24, 2.45) is 11.8 Å². The summed E-state index contributed by atoms with van der Waals surface area (Å²) >= 11 is 0. The fraction of sp³-hybridized carbons (Fsp3) is 0.769. The van der Waals surface area contributed by atoms with Crippen LogP contribution in [0.25, 0.3) is 0 Å². The van der Waals surface area contributed by atoms with Crippen molar-refractivity contribution in [3.8, 4) is 0 Å². The zero-order valence-electron chi connectivity index (χ0n) is 19.1. The molecule has 5 rings (SSSR count). The molecular formula is C26H40N4O. The van der Waals surface area contributed by atoms with E-state index in [1.165, 1.54) is 76.6 Å². The van der Waals surface area contributed by atoms with Gasteiger partial charge < -0.3 is 4.90 Å². The van der Waals surface area contributed by atoms with Gasteiger partial charge in [0.25, 0.3) is 0 Å². The maximum atomic E-state index is 12.8. The molecule has 4 fully saturated rings. The lowest BCUT2D eigenvalue weighted by atomic mass is 9.69. The summed E-state index contributed by atoms with van der Waals surface area (Å²) in [5.41, 5.74) is 1.33. The third-order valence-corrected chi connectivity index (χ3v) is 8.49. The second-order valence-electron chi connectivity index (χ2n) is 10.4. The Morgan fingerprint density at radius 2 is 1.87 bits per heavy atom. The van der Waals surface area contributed by atoms with Gasteiger partial charge in [-0.1, -0.05) is 6.07 Å². The zero-order valence-corrected chi connectivity index (χ0v) is 19.1. The molecule has 0 N–H and O–H groups in total. The van der Waals surface area contributed by atoms with Gasteiger partial charge in [-0.15, -0.1) is 0 Å². The van der Waals surface area contributed by atoms with Crippen LogP contribution in [-0.4, -0.2) is 70.4 Å². The van der Waals surface area contributed by atoms with E-state index in [1.807, 2.05) is 12.4 Å². The fourth-order valence-electron chi connectivity index (χ4n) is 7.15. The summed E-state index contributed by atoms with van der Waals surface area (Å²) in [6.45, 7) is 6.81. The van der Waals surface area contributed by atoms with Crippen LogP contribution in [0.4, 0.5) is 0 Å². The first-order chi connectivity index (χ1) is 15.3. The highest BCUT2D eigenvalue weighted by atomic mass is 16.2. The van der Waals surface area contributed by atoms with Gasteiger partial charge in [0.15, 0.2) is 0 Å². The van der Waals surface area contributed by atoms with E-state index >= 15 is 0 Å². The Labute approximate surface area is 188 Å². The van der Waals surface area contributed by atoms with Crippen molar-refractivity contribution in [3.05, 3.63) is 30.1 Å². The van der Waals surface area contributed by atoms with Crippen molar-refractivity contribution in [2.75, 3.05) is 32.7 Å². The lowest BCUT2D eigenvalue weighted by Gasteiger charge is -2.57. The largest absolute Gasteiger partial charge is 0.343 e. The molecule has 1 aromatic rings. The van der Waals surface area contributed by atoms with Crippen molar-refractivity contribution in [3.63, 3.8) is 0 Å².